The summed E-state index contributed by atoms with van der Waals surface area (Å²) in [6, 6.07) is 8.88. The number of nitrogens with zero attached hydrogens (tertiary/aromatic N) is 4. The summed E-state index contributed by atoms with van der Waals surface area (Å²) < 4.78 is 1.31. The van der Waals surface area contributed by atoms with Gasteiger partial charge in [-0.1, -0.05) is 12.1 Å². The van der Waals surface area contributed by atoms with Gasteiger partial charge in [-0.3, -0.25) is 14.2 Å². The van der Waals surface area contributed by atoms with Crippen molar-refractivity contribution >= 4 is 28.4 Å². The Bertz CT molecular complexity index is 1030. The van der Waals surface area contributed by atoms with Gasteiger partial charge in [-0.15, -0.1) is 0 Å². The summed E-state index contributed by atoms with van der Waals surface area (Å²) in [5.74, 6) is 1.85. The third kappa shape index (κ3) is 4.81. The van der Waals surface area contributed by atoms with Crippen LogP contribution in [0, 0.1) is 6.92 Å². The van der Waals surface area contributed by atoms with E-state index in [2.05, 4.69) is 30.9 Å². The van der Waals surface area contributed by atoms with Crippen LogP contribution in [0.3, 0.4) is 0 Å². The number of aryl methyl sites for hydroxylation is 1. The van der Waals surface area contributed by atoms with Gasteiger partial charge < -0.3 is 16.0 Å². The molecule has 0 aliphatic rings. The number of fused-ring (bicyclic) bond motifs is 1. The molecule has 0 aliphatic carbocycles. The van der Waals surface area contributed by atoms with E-state index in [0.29, 0.717) is 35.6 Å². The van der Waals surface area contributed by atoms with Crippen molar-refractivity contribution in [2.75, 3.05) is 30.3 Å². The number of carbonyl (C=O) groups excluding carboxylic acids is 1. The molecule has 1 amide bonds. The number of hydrogen-bond acceptors (Lipinski definition) is 7. The van der Waals surface area contributed by atoms with E-state index in [0.717, 1.165) is 12.4 Å². The molecule has 0 aliphatic heterocycles. The highest BCUT2D eigenvalue weighted by Crippen LogP contribution is 2.10. The maximum Gasteiger partial charge on any atom is 0.261 e. The Morgan fingerprint density at radius 3 is 2.64 bits per heavy atom. The zero-order valence-corrected chi connectivity index (χ0v) is 15.9. The Kier molecular flexibility index (Phi) is 6.15. The normalized spacial score (nSPS) is 10.6. The second-order valence-corrected chi connectivity index (χ2v) is 6.19. The SMILES string of the molecule is CCNc1cc(NCCNC(=O)Cn2cnc3ccccc3c2=O)nc(C)n1. The van der Waals surface area contributed by atoms with Gasteiger partial charge >= 0.3 is 0 Å². The molecule has 0 spiro atoms. The minimum Gasteiger partial charge on any atom is -0.370 e. The van der Waals surface area contributed by atoms with Gasteiger partial charge in [0.05, 0.1) is 17.2 Å². The first-order valence-electron chi connectivity index (χ1n) is 9.11. The molecule has 0 atom stereocenters. The Balaban J connectivity index is 1.51. The summed E-state index contributed by atoms with van der Waals surface area (Å²) in [5.41, 5.74) is 0.386. The average molecular weight is 381 g/mol. The highest BCUT2D eigenvalue weighted by molar-refractivity contribution is 5.78. The number of nitrogens with one attached hydrogen (secondary N) is 3. The fourth-order valence-electron chi connectivity index (χ4n) is 2.75. The van der Waals surface area contributed by atoms with Crippen LogP contribution in [-0.2, 0) is 11.3 Å². The number of anilines is 2. The van der Waals surface area contributed by atoms with Gasteiger partial charge in [-0.2, -0.15) is 0 Å². The third-order valence-electron chi connectivity index (χ3n) is 3.99. The molecule has 3 aromatic rings. The van der Waals surface area contributed by atoms with E-state index in [4.69, 9.17) is 0 Å². The van der Waals surface area contributed by atoms with Crippen LogP contribution in [0.25, 0.3) is 10.9 Å². The van der Waals surface area contributed by atoms with Gasteiger partial charge in [0.2, 0.25) is 5.91 Å². The van der Waals surface area contributed by atoms with Gasteiger partial charge in [-0.25, -0.2) is 15.0 Å². The summed E-state index contributed by atoms with van der Waals surface area (Å²) in [4.78, 5) is 37.4. The highest BCUT2D eigenvalue weighted by atomic mass is 16.2. The molecule has 0 bridgehead atoms. The lowest BCUT2D eigenvalue weighted by Gasteiger charge is -2.10. The number of aromatic nitrogens is 4. The van der Waals surface area contributed by atoms with Gasteiger partial charge in [0.15, 0.2) is 0 Å². The molecule has 2 aromatic heterocycles. The van der Waals surface area contributed by atoms with E-state index >= 15 is 0 Å². The summed E-state index contributed by atoms with van der Waals surface area (Å²) in [6.07, 6.45) is 1.40. The molecule has 146 valence electrons. The van der Waals surface area contributed by atoms with E-state index in [1.807, 2.05) is 26.0 Å². The van der Waals surface area contributed by atoms with E-state index in [1.54, 1.807) is 18.2 Å². The Labute approximate surface area is 162 Å². The predicted molar refractivity (Wildman–Crippen MR) is 108 cm³/mol. The van der Waals surface area contributed by atoms with Gasteiger partial charge in [0.1, 0.15) is 24.0 Å². The summed E-state index contributed by atoms with van der Waals surface area (Å²) >= 11 is 0. The van der Waals surface area contributed by atoms with Crippen LogP contribution in [0.15, 0.2) is 41.5 Å². The largest absolute Gasteiger partial charge is 0.370 e. The minimum absolute atomic E-state index is 0.0755. The number of amides is 1. The topological polar surface area (TPSA) is 114 Å². The van der Waals surface area contributed by atoms with Crippen molar-refractivity contribution < 1.29 is 4.79 Å². The number of para-hydroxylation sites is 1. The molecule has 3 N–H and O–H groups in total. The number of rotatable bonds is 8. The maximum atomic E-state index is 12.4. The molecule has 0 fully saturated rings. The van der Waals surface area contributed by atoms with Crippen LogP contribution in [-0.4, -0.2) is 45.1 Å². The highest BCUT2D eigenvalue weighted by Gasteiger charge is 2.07. The number of carbonyl (C=O) groups is 1. The second-order valence-electron chi connectivity index (χ2n) is 6.19. The Hall–Kier alpha value is -3.49. The Morgan fingerprint density at radius 2 is 1.86 bits per heavy atom. The lowest BCUT2D eigenvalue weighted by molar-refractivity contribution is -0.121. The maximum absolute atomic E-state index is 12.4. The molecule has 28 heavy (non-hydrogen) atoms. The third-order valence-corrected chi connectivity index (χ3v) is 3.99. The zero-order valence-electron chi connectivity index (χ0n) is 15.9. The lowest BCUT2D eigenvalue weighted by atomic mass is 10.2. The zero-order chi connectivity index (χ0) is 19.9. The Morgan fingerprint density at radius 1 is 1.11 bits per heavy atom. The summed E-state index contributed by atoms with van der Waals surface area (Å²) in [6.45, 7) is 5.41. The van der Waals surface area contributed by atoms with Crippen molar-refractivity contribution in [3.05, 3.63) is 52.8 Å². The summed E-state index contributed by atoms with van der Waals surface area (Å²) in [5, 5.41) is 9.57. The van der Waals surface area contributed by atoms with E-state index in [-0.39, 0.29) is 18.0 Å². The van der Waals surface area contributed by atoms with Gasteiger partial charge in [0.25, 0.3) is 5.56 Å². The van der Waals surface area contributed by atoms with Crippen molar-refractivity contribution in [3.8, 4) is 0 Å². The summed E-state index contributed by atoms with van der Waals surface area (Å²) in [7, 11) is 0. The fraction of sp³-hybridized carbons (Fsp3) is 0.316. The monoisotopic (exact) mass is 381 g/mol. The molecule has 0 unspecified atom stereocenters. The van der Waals surface area contributed by atoms with Crippen LogP contribution in [0.4, 0.5) is 11.6 Å². The van der Waals surface area contributed by atoms with Crippen LogP contribution in [0.2, 0.25) is 0 Å². The number of hydrogen-bond donors (Lipinski definition) is 3. The molecule has 2 heterocycles. The molecule has 9 heteroatoms. The molecule has 1 aromatic carbocycles. The van der Waals surface area contributed by atoms with Crippen molar-refractivity contribution in [2.45, 2.75) is 20.4 Å². The van der Waals surface area contributed by atoms with E-state index in [1.165, 1.54) is 10.9 Å². The quantitative estimate of drug-likeness (QED) is 0.502. The molecule has 0 radical (unpaired) electrons. The van der Waals surface area contributed by atoms with Crippen molar-refractivity contribution in [1.82, 2.24) is 24.8 Å². The minimum atomic E-state index is -0.256. The second kappa shape index (κ2) is 8.94. The fourth-order valence-corrected chi connectivity index (χ4v) is 2.75. The van der Waals surface area contributed by atoms with Gasteiger partial charge in [0, 0.05) is 25.7 Å². The van der Waals surface area contributed by atoms with E-state index in [9.17, 15) is 9.59 Å². The standard InChI is InChI=1S/C19H23N7O2/c1-3-20-16-10-17(25-13(2)24-16)21-8-9-22-18(27)11-26-12-23-15-7-5-4-6-14(15)19(26)28/h4-7,10,12H,3,8-9,11H2,1-2H3,(H,22,27)(H2,20,21,24,25). The first-order valence-corrected chi connectivity index (χ1v) is 9.11. The van der Waals surface area contributed by atoms with Crippen LogP contribution in [0.5, 0.6) is 0 Å². The van der Waals surface area contributed by atoms with Crippen LogP contribution < -0.4 is 21.5 Å². The van der Waals surface area contributed by atoms with Crippen molar-refractivity contribution in [3.63, 3.8) is 0 Å². The van der Waals surface area contributed by atoms with Gasteiger partial charge in [-0.05, 0) is 26.0 Å². The average Bonchev–Trinajstić information content (AvgIpc) is 2.67. The first-order chi connectivity index (χ1) is 13.6. The first kappa shape index (κ1) is 19.3. The predicted octanol–water partition coefficient (Wildman–Crippen LogP) is 1.16. The molecule has 3 rings (SSSR count). The molecular weight excluding hydrogens is 358 g/mol. The van der Waals surface area contributed by atoms with Crippen molar-refractivity contribution in [2.24, 2.45) is 0 Å². The van der Waals surface area contributed by atoms with Crippen LogP contribution >= 0.6 is 0 Å². The van der Waals surface area contributed by atoms with E-state index < -0.39 is 0 Å². The van der Waals surface area contributed by atoms with Crippen molar-refractivity contribution in [1.29, 1.82) is 0 Å². The molecule has 0 saturated heterocycles. The van der Waals surface area contributed by atoms with Crippen LogP contribution in [0.1, 0.15) is 12.7 Å². The smallest absolute Gasteiger partial charge is 0.261 e. The molecule has 0 saturated carbocycles. The lowest BCUT2D eigenvalue weighted by Crippen LogP contribution is -2.35. The molecular formula is C19H23N7O2. The molecule has 9 nitrogen and oxygen atoms in total. The number of benzene rings is 1.